The molecule has 0 unspecified atom stereocenters. The molecular formula is C20H19ClN4O. The summed E-state index contributed by atoms with van der Waals surface area (Å²) in [7, 11) is 0. The zero-order valence-electron chi connectivity index (χ0n) is 14.2. The number of carbonyl (C=O) groups is 1. The van der Waals surface area contributed by atoms with E-state index in [9.17, 15) is 4.79 Å². The summed E-state index contributed by atoms with van der Waals surface area (Å²) in [6.07, 6.45) is 5.87. The molecule has 2 heterocycles. The zero-order chi connectivity index (χ0) is 18.2. The van der Waals surface area contributed by atoms with Gasteiger partial charge in [0.25, 0.3) is 5.91 Å². The SMILES string of the molecule is O=C(NCc1cccnc1)c1ccc(NCCc2ccc(Cl)cc2)nc1. The highest BCUT2D eigenvalue weighted by molar-refractivity contribution is 6.30. The second-order valence-electron chi connectivity index (χ2n) is 5.78. The molecule has 132 valence electrons. The highest BCUT2D eigenvalue weighted by Crippen LogP contribution is 2.11. The first-order valence-electron chi connectivity index (χ1n) is 8.32. The first-order valence-corrected chi connectivity index (χ1v) is 8.70. The minimum Gasteiger partial charge on any atom is -0.370 e. The Morgan fingerprint density at radius 1 is 1.00 bits per heavy atom. The Kier molecular flexibility index (Phi) is 6.17. The number of hydrogen-bond donors (Lipinski definition) is 2. The summed E-state index contributed by atoms with van der Waals surface area (Å²) in [6, 6.07) is 15.1. The first-order chi connectivity index (χ1) is 12.7. The lowest BCUT2D eigenvalue weighted by Crippen LogP contribution is -2.23. The summed E-state index contributed by atoms with van der Waals surface area (Å²) in [4.78, 5) is 20.5. The number of pyridine rings is 2. The molecule has 1 aromatic carbocycles. The summed E-state index contributed by atoms with van der Waals surface area (Å²) in [5.74, 6) is 0.580. The van der Waals surface area contributed by atoms with E-state index >= 15 is 0 Å². The molecule has 5 nitrogen and oxygen atoms in total. The summed E-state index contributed by atoms with van der Waals surface area (Å²) >= 11 is 5.88. The molecule has 1 amide bonds. The van der Waals surface area contributed by atoms with Crippen molar-refractivity contribution in [3.63, 3.8) is 0 Å². The van der Waals surface area contributed by atoms with Gasteiger partial charge in [-0.15, -0.1) is 0 Å². The molecule has 0 spiro atoms. The van der Waals surface area contributed by atoms with E-state index in [1.165, 1.54) is 5.56 Å². The smallest absolute Gasteiger partial charge is 0.253 e. The van der Waals surface area contributed by atoms with Crippen molar-refractivity contribution in [3.8, 4) is 0 Å². The second kappa shape index (κ2) is 8.97. The summed E-state index contributed by atoms with van der Waals surface area (Å²) in [5, 5.41) is 6.84. The molecule has 0 fully saturated rings. The van der Waals surface area contributed by atoms with Crippen LogP contribution in [0.15, 0.2) is 67.1 Å². The number of nitrogens with zero attached hydrogens (tertiary/aromatic N) is 2. The van der Waals surface area contributed by atoms with Crippen molar-refractivity contribution < 1.29 is 4.79 Å². The third-order valence-electron chi connectivity index (χ3n) is 3.83. The van der Waals surface area contributed by atoms with Gasteiger partial charge in [0.2, 0.25) is 0 Å². The lowest BCUT2D eigenvalue weighted by atomic mass is 10.1. The molecule has 0 aliphatic carbocycles. The maximum atomic E-state index is 12.2. The minimum atomic E-state index is -0.158. The van der Waals surface area contributed by atoms with Crippen molar-refractivity contribution >= 4 is 23.3 Å². The molecule has 0 saturated heterocycles. The maximum Gasteiger partial charge on any atom is 0.253 e. The molecule has 6 heteroatoms. The van der Waals surface area contributed by atoms with E-state index in [0.29, 0.717) is 12.1 Å². The molecule has 0 aliphatic heterocycles. The lowest BCUT2D eigenvalue weighted by Gasteiger charge is -2.08. The van der Waals surface area contributed by atoms with Gasteiger partial charge in [-0.1, -0.05) is 29.8 Å². The Morgan fingerprint density at radius 3 is 2.54 bits per heavy atom. The Morgan fingerprint density at radius 2 is 1.85 bits per heavy atom. The zero-order valence-corrected chi connectivity index (χ0v) is 14.9. The van der Waals surface area contributed by atoms with Gasteiger partial charge >= 0.3 is 0 Å². The van der Waals surface area contributed by atoms with Gasteiger partial charge in [0.1, 0.15) is 5.82 Å². The van der Waals surface area contributed by atoms with Crippen molar-refractivity contribution in [3.05, 3.63) is 88.8 Å². The Bertz CT molecular complexity index is 836. The molecule has 0 atom stereocenters. The van der Waals surface area contributed by atoms with Crippen LogP contribution >= 0.6 is 11.6 Å². The fraction of sp³-hybridized carbons (Fsp3) is 0.150. The van der Waals surface area contributed by atoms with E-state index in [2.05, 4.69) is 20.6 Å². The van der Waals surface area contributed by atoms with Crippen LogP contribution in [0, 0.1) is 0 Å². The summed E-state index contributed by atoms with van der Waals surface area (Å²) in [5.41, 5.74) is 2.68. The summed E-state index contributed by atoms with van der Waals surface area (Å²) in [6.45, 7) is 1.19. The summed E-state index contributed by atoms with van der Waals surface area (Å²) < 4.78 is 0. The van der Waals surface area contributed by atoms with Gasteiger partial charge in [0, 0.05) is 36.7 Å². The van der Waals surface area contributed by atoms with Gasteiger partial charge < -0.3 is 10.6 Å². The van der Waals surface area contributed by atoms with Crippen molar-refractivity contribution in [2.45, 2.75) is 13.0 Å². The van der Waals surface area contributed by atoms with Gasteiger partial charge in [-0.2, -0.15) is 0 Å². The number of anilines is 1. The number of hydrogen-bond acceptors (Lipinski definition) is 4. The Labute approximate surface area is 157 Å². The molecule has 3 rings (SSSR count). The van der Waals surface area contributed by atoms with Crippen molar-refractivity contribution in [2.75, 3.05) is 11.9 Å². The fourth-order valence-electron chi connectivity index (χ4n) is 2.41. The highest BCUT2D eigenvalue weighted by atomic mass is 35.5. The maximum absolute atomic E-state index is 12.2. The molecule has 0 radical (unpaired) electrons. The van der Waals surface area contributed by atoms with Crippen molar-refractivity contribution in [1.29, 1.82) is 0 Å². The molecule has 26 heavy (non-hydrogen) atoms. The van der Waals surface area contributed by atoms with E-state index in [0.717, 1.165) is 29.4 Å². The predicted octanol–water partition coefficient (Wildman–Crippen LogP) is 3.71. The third kappa shape index (κ3) is 5.29. The van der Waals surface area contributed by atoms with Crippen LogP contribution in [0.2, 0.25) is 5.02 Å². The van der Waals surface area contributed by atoms with Gasteiger partial charge in [-0.3, -0.25) is 9.78 Å². The molecule has 2 N–H and O–H groups in total. The van der Waals surface area contributed by atoms with Crippen LogP contribution in [0.5, 0.6) is 0 Å². The van der Waals surface area contributed by atoms with E-state index in [1.807, 2.05) is 36.4 Å². The topological polar surface area (TPSA) is 66.9 Å². The Balaban J connectivity index is 1.46. The van der Waals surface area contributed by atoms with Crippen LogP contribution in [-0.4, -0.2) is 22.4 Å². The number of carbonyl (C=O) groups excluding carboxylic acids is 1. The largest absolute Gasteiger partial charge is 0.370 e. The van der Waals surface area contributed by atoms with Crippen LogP contribution in [0.3, 0.4) is 0 Å². The average molecular weight is 367 g/mol. The van der Waals surface area contributed by atoms with E-state index in [-0.39, 0.29) is 5.91 Å². The molecule has 0 aliphatic rings. The van der Waals surface area contributed by atoms with Crippen LogP contribution in [0.4, 0.5) is 5.82 Å². The molecule has 2 aromatic heterocycles. The molecule has 3 aromatic rings. The van der Waals surface area contributed by atoms with Crippen LogP contribution in [0.25, 0.3) is 0 Å². The molecule has 0 saturated carbocycles. The predicted molar refractivity (Wildman–Crippen MR) is 103 cm³/mol. The number of benzene rings is 1. The van der Waals surface area contributed by atoms with Crippen LogP contribution < -0.4 is 10.6 Å². The monoisotopic (exact) mass is 366 g/mol. The number of rotatable bonds is 7. The van der Waals surface area contributed by atoms with Crippen molar-refractivity contribution in [2.24, 2.45) is 0 Å². The quantitative estimate of drug-likeness (QED) is 0.668. The molecule has 0 bridgehead atoms. The van der Waals surface area contributed by atoms with E-state index < -0.39 is 0 Å². The minimum absolute atomic E-state index is 0.158. The standard InChI is InChI=1S/C20H19ClN4O/c21-18-6-3-15(4-7-18)9-11-23-19-8-5-17(14-24-19)20(26)25-13-16-2-1-10-22-12-16/h1-8,10,12,14H,9,11,13H2,(H,23,24)(H,25,26). The number of aromatic nitrogens is 2. The van der Waals surface area contributed by atoms with E-state index in [1.54, 1.807) is 30.7 Å². The number of nitrogens with one attached hydrogen (secondary N) is 2. The third-order valence-corrected chi connectivity index (χ3v) is 4.09. The highest BCUT2D eigenvalue weighted by Gasteiger charge is 2.06. The number of halogens is 1. The van der Waals surface area contributed by atoms with Crippen molar-refractivity contribution in [1.82, 2.24) is 15.3 Å². The Hall–Kier alpha value is -2.92. The lowest BCUT2D eigenvalue weighted by molar-refractivity contribution is 0.0950. The van der Waals surface area contributed by atoms with Gasteiger partial charge in [0.15, 0.2) is 0 Å². The van der Waals surface area contributed by atoms with Gasteiger partial charge in [-0.25, -0.2) is 4.98 Å². The molecular weight excluding hydrogens is 348 g/mol. The average Bonchev–Trinajstić information content (AvgIpc) is 2.69. The van der Waals surface area contributed by atoms with Gasteiger partial charge in [-0.05, 0) is 47.9 Å². The second-order valence-corrected chi connectivity index (χ2v) is 6.22. The fourth-order valence-corrected chi connectivity index (χ4v) is 2.53. The number of amides is 1. The van der Waals surface area contributed by atoms with Crippen LogP contribution in [0.1, 0.15) is 21.5 Å². The first kappa shape index (κ1) is 17.9. The van der Waals surface area contributed by atoms with Gasteiger partial charge in [0.05, 0.1) is 5.56 Å². The van der Waals surface area contributed by atoms with Crippen LogP contribution in [-0.2, 0) is 13.0 Å². The normalized spacial score (nSPS) is 10.3. The van der Waals surface area contributed by atoms with E-state index in [4.69, 9.17) is 11.6 Å².